The molecule has 140 valence electrons. The van der Waals surface area contributed by atoms with Crippen LogP contribution < -0.4 is 4.90 Å². The van der Waals surface area contributed by atoms with E-state index in [-0.39, 0.29) is 12.5 Å². The number of anilines is 2. The first kappa shape index (κ1) is 17.3. The highest BCUT2D eigenvalue weighted by Gasteiger charge is 2.19. The largest absolute Gasteiger partial charge is 0.332 e. The number of carbonyl (C=O) groups excluding carboxylic acids is 1. The molecule has 29 heavy (non-hydrogen) atoms. The van der Waals surface area contributed by atoms with E-state index in [1.54, 1.807) is 0 Å². The molecule has 3 nitrogen and oxygen atoms in total. The summed E-state index contributed by atoms with van der Waals surface area (Å²) in [4.78, 5) is 15.7. The summed E-state index contributed by atoms with van der Waals surface area (Å²) >= 11 is 0. The highest BCUT2D eigenvalue weighted by Crippen LogP contribution is 2.30. The van der Waals surface area contributed by atoms with Crippen molar-refractivity contribution in [1.29, 1.82) is 0 Å². The van der Waals surface area contributed by atoms with Crippen LogP contribution in [0.25, 0.3) is 21.8 Å². The minimum absolute atomic E-state index is 0.0371. The molecule has 0 bridgehead atoms. The van der Waals surface area contributed by atoms with E-state index in [0.717, 1.165) is 33.2 Å². The topological polar surface area (TPSA) is 25.2 Å². The Bertz CT molecular complexity index is 1200. The molecule has 0 saturated heterocycles. The average molecular weight is 376 g/mol. The fourth-order valence-electron chi connectivity index (χ4n) is 3.94. The van der Waals surface area contributed by atoms with E-state index in [2.05, 4.69) is 17.0 Å². The van der Waals surface area contributed by atoms with Crippen LogP contribution in [0.5, 0.6) is 0 Å². The second-order valence-electron chi connectivity index (χ2n) is 7.02. The highest BCUT2D eigenvalue weighted by atomic mass is 16.2. The van der Waals surface area contributed by atoms with Crippen molar-refractivity contribution in [2.45, 2.75) is 0 Å². The monoisotopic (exact) mass is 376 g/mol. The smallest absolute Gasteiger partial charge is 0.251 e. The third-order valence-electron chi connectivity index (χ3n) is 5.26. The summed E-state index contributed by atoms with van der Waals surface area (Å²) in [5, 5.41) is 2.20. The van der Waals surface area contributed by atoms with Crippen molar-refractivity contribution in [3.8, 4) is 0 Å². The van der Waals surface area contributed by atoms with Crippen molar-refractivity contribution in [1.82, 2.24) is 4.57 Å². The van der Waals surface area contributed by atoms with Gasteiger partial charge >= 0.3 is 0 Å². The molecule has 0 radical (unpaired) electrons. The van der Waals surface area contributed by atoms with Crippen molar-refractivity contribution in [3.63, 3.8) is 0 Å². The van der Waals surface area contributed by atoms with Gasteiger partial charge in [0.25, 0.3) is 5.91 Å². The molecule has 0 N–H and O–H groups in total. The zero-order chi connectivity index (χ0) is 19.6. The molecule has 0 unspecified atom stereocenters. The van der Waals surface area contributed by atoms with Crippen LogP contribution in [0.15, 0.2) is 109 Å². The van der Waals surface area contributed by atoms with E-state index < -0.39 is 0 Å². The van der Waals surface area contributed by atoms with Crippen LogP contribution in [0.4, 0.5) is 11.4 Å². The minimum atomic E-state index is 0.0371. The van der Waals surface area contributed by atoms with Crippen LogP contribution in [0.3, 0.4) is 0 Å². The van der Waals surface area contributed by atoms with Gasteiger partial charge in [0.1, 0.15) is 6.54 Å². The fourth-order valence-corrected chi connectivity index (χ4v) is 3.94. The number of rotatable bonds is 4. The number of aromatic nitrogens is 1. The molecule has 0 spiro atoms. The molecular weight excluding hydrogens is 356 g/mol. The molecule has 0 atom stereocenters. The van der Waals surface area contributed by atoms with E-state index in [4.69, 9.17) is 0 Å². The zero-order valence-electron chi connectivity index (χ0n) is 15.9. The van der Waals surface area contributed by atoms with Gasteiger partial charge in [0, 0.05) is 22.1 Å². The summed E-state index contributed by atoms with van der Waals surface area (Å²) in [6.45, 7) is 0.247. The number of carbonyl (C=O) groups is 1. The number of nitrogens with zero attached hydrogens (tertiary/aromatic N) is 2. The second kappa shape index (κ2) is 7.28. The molecule has 0 saturated carbocycles. The third-order valence-corrected chi connectivity index (χ3v) is 5.26. The SMILES string of the molecule is O=C(CN(c1ccccc1)c1ccccc1)n1c2ccccc2c2ccccc21. The lowest BCUT2D eigenvalue weighted by molar-refractivity contribution is 0.0933. The Kier molecular flexibility index (Phi) is 4.34. The van der Waals surface area contributed by atoms with E-state index in [1.807, 2.05) is 102 Å². The Balaban J connectivity index is 1.63. The lowest BCUT2D eigenvalue weighted by Crippen LogP contribution is -2.29. The first-order valence-electron chi connectivity index (χ1n) is 9.72. The number of fused-ring (bicyclic) bond motifs is 3. The summed E-state index contributed by atoms with van der Waals surface area (Å²) in [5.74, 6) is 0.0371. The molecule has 5 aromatic rings. The summed E-state index contributed by atoms with van der Waals surface area (Å²) in [6, 6.07) is 36.3. The molecule has 0 aliphatic heterocycles. The lowest BCUT2D eigenvalue weighted by atomic mass is 10.2. The molecule has 1 aromatic heterocycles. The maximum absolute atomic E-state index is 13.6. The summed E-state index contributed by atoms with van der Waals surface area (Å²) in [7, 11) is 0. The van der Waals surface area contributed by atoms with Crippen LogP contribution in [0, 0.1) is 0 Å². The minimum Gasteiger partial charge on any atom is -0.332 e. The van der Waals surface area contributed by atoms with Gasteiger partial charge in [-0.15, -0.1) is 0 Å². The second-order valence-corrected chi connectivity index (χ2v) is 7.02. The van der Waals surface area contributed by atoms with Crippen molar-refractivity contribution < 1.29 is 4.79 Å². The summed E-state index contributed by atoms with van der Waals surface area (Å²) in [6.07, 6.45) is 0. The molecule has 0 aliphatic carbocycles. The molecule has 0 fully saturated rings. The molecule has 5 rings (SSSR count). The van der Waals surface area contributed by atoms with Crippen molar-refractivity contribution in [3.05, 3.63) is 109 Å². The van der Waals surface area contributed by atoms with Gasteiger partial charge in [0.15, 0.2) is 0 Å². The van der Waals surface area contributed by atoms with Crippen LogP contribution in [0.2, 0.25) is 0 Å². The molecule has 3 heteroatoms. The Hall–Kier alpha value is -3.85. The first-order valence-corrected chi connectivity index (χ1v) is 9.72. The maximum Gasteiger partial charge on any atom is 0.251 e. The quantitative estimate of drug-likeness (QED) is 0.369. The Labute approximate surface area is 169 Å². The van der Waals surface area contributed by atoms with Gasteiger partial charge in [0.2, 0.25) is 0 Å². The Morgan fingerprint density at radius 2 is 1.00 bits per heavy atom. The number of para-hydroxylation sites is 4. The van der Waals surface area contributed by atoms with Gasteiger partial charge in [-0.3, -0.25) is 9.36 Å². The normalized spacial score (nSPS) is 11.0. The van der Waals surface area contributed by atoms with Crippen LogP contribution in [0.1, 0.15) is 4.79 Å². The lowest BCUT2D eigenvalue weighted by Gasteiger charge is -2.24. The number of hydrogen-bond acceptors (Lipinski definition) is 2. The predicted octanol–water partition coefficient (Wildman–Crippen LogP) is 6.27. The predicted molar refractivity (Wildman–Crippen MR) is 120 cm³/mol. The van der Waals surface area contributed by atoms with Crippen molar-refractivity contribution >= 4 is 39.1 Å². The number of benzene rings is 4. The standard InChI is InChI=1S/C26H20N2O/c29-26(19-27(20-11-3-1-4-12-20)21-13-5-2-6-14-21)28-24-17-9-7-15-22(24)23-16-8-10-18-25(23)28/h1-18H,19H2. The van der Waals surface area contributed by atoms with Gasteiger partial charge in [-0.2, -0.15) is 0 Å². The van der Waals surface area contributed by atoms with Gasteiger partial charge < -0.3 is 4.90 Å². The first-order chi connectivity index (χ1) is 14.3. The van der Waals surface area contributed by atoms with Crippen LogP contribution in [-0.2, 0) is 0 Å². The van der Waals surface area contributed by atoms with Crippen LogP contribution >= 0.6 is 0 Å². The molecule has 4 aromatic carbocycles. The van der Waals surface area contributed by atoms with Gasteiger partial charge in [-0.05, 0) is 36.4 Å². The molecule has 0 amide bonds. The third kappa shape index (κ3) is 3.07. The number of hydrogen-bond donors (Lipinski definition) is 0. The Morgan fingerprint density at radius 3 is 1.48 bits per heavy atom. The van der Waals surface area contributed by atoms with E-state index in [9.17, 15) is 4.79 Å². The highest BCUT2D eigenvalue weighted by molar-refractivity contribution is 6.13. The van der Waals surface area contributed by atoms with E-state index >= 15 is 0 Å². The Morgan fingerprint density at radius 1 is 0.586 bits per heavy atom. The van der Waals surface area contributed by atoms with Crippen LogP contribution in [-0.4, -0.2) is 17.0 Å². The van der Waals surface area contributed by atoms with E-state index in [1.165, 1.54) is 0 Å². The van der Waals surface area contributed by atoms with Gasteiger partial charge in [0.05, 0.1) is 11.0 Å². The molecule has 0 aliphatic rings. The molecular formula is C26H20N2O. The van der Waals surface area contributed by atoms with Crippen molar-refractivity contribution in [2.75, 3.05) is 11.4 Å². The summed E-state index contributed by atoms with van der Waals surface area (Å²) in [5.41, 5.74) is 3.88. The van der Waals surface area contributed by atoms with Gasteiger partial charge in [-0.1, -0.05) is 72.8 Å². The van der Waals surface area contributed by atoms with Gasteiger partial charge in [-0.25, -0.2) is 0 Å². The zero-order valence-corrected chi connectivity index (χ0v) is 15.9. The maximum atomic E-state index is 13.6. The summed E-state index contributed by atoms with van der Waals surface area (Å²) < 4.78 is 1.85. The fraction of sp³-hybridized carbons (Fsp3) is 0.0385. The average Bonchev–Trinajstić information content (AvgIpc) is 3.13. The van der Waals surface area contributed by atoms with Crippen molar-refractivity contribution in [2.24, 2.45) is 0 Å². The molecule has 1 heterocycles. The van der Waals surface area contributed by atoms with E-state index in [0.29, 0.717) is 0 Å².